The van der Waals surface area contributed by atoms with Gasteiger partial charge < -0.3 is 5.32 Å². The second-order valence-corrected chi connectivity index (χ2v) is 7.14. The van der Waals surface area contributed by atoms with E-state index in [1.807, 2.05) is 18.5 Å². The van der Waals surface area contributed by atoms with Crippen LogP contribution in [0.1, 0.15) is 35.2 Å². The Morgan fingerprint density at radius 2 is 2.04 bits per heavy atom. The van der Waals surface area contributed by atoms with Crippen molar-refractivity contribution in [1.82, 2.24) is 20.2 Å². The Bertz CT molecular complexity index is 698. The van der Waals surface area contributed by atoms with E-state index in [9.17, 15) is 4.79 Å². The molecule has 0 atom stereocenters. The van der Waals surface area contributed by atoms with Gasteiger partial charge in [-0.3, -0.25) is 19.7 Å². The predicted molar refractivity (Wildman–Crippen MR) is 91.3 cm³/mol. The molecule has 1 saturated carbocycles. The normalized spacial score (nSPS) is 26.2. The van der Waals surface area contributed by atoms with E-state index in [2.05, 4.69) is 26.3 Å². The number of hydrogen-bond acceptors (Lipinski definition) is 4. The van der Waals surface area contributed by atoms with Crippen molar-refractivity contribution in [2.75, 3.05) is 13.1 Å². The van der Waals surface area contributed by atoms with Gasteiger partial charge in [-0.15, -0.1) is 0 Å². The van der Waals surface area contributed by atoms with Crippen LogP contribution in [0.3, 0.4) is 0 Å². The van der Waals surface area contributed by atoms with Gasteiger partial charge in [0.05, 0.1) is 0 Å². The third-order valence-corrected chi connectivity index (χ3v) is 5.28. The van der Waals surface area contributed by atoms with Gasteiger partial charge in [-0.2, -0.15) is 0 Å². The summed E-state index contributed by atoms with van der Waals surface area (Å²) >= 11 is 0. The van der Waals surface area contributed by atoms with Gasteiger partial charge in [-0.05, 0) is 55.0 Å². The first-order valence-electron chi connectivity index (χ1n) is 8.55. The fourth-order valence-electron chi connectivity index (χ4n) is 4.11. The van der Waals surface area contributed by atoms with Gasteiger partial charge >= 0.3 is 0 Å². The number of nitrogens with one attached hydrogen (secondary N) is 1. The zero-order valence-electron chi connectivity index (χ0n) is 13.7. The lowest BCUT2D eigenvalue weighted by Crippen LogP contribution is -2.51. The van der Waals surface area contributed by atoms with E-state index in [1.54, 1.807) is 24.5 Å². The lowest BCUT2D eigenvalue weighted by Gasteiger charge is -2.45. The summed E-state index contributed by atoms with van der Waals surface area (Å²) in [5.41, 5.74) is 2.37. The molecule has 5 nitrogen and oxygen atoms in total. The fourth-order valence-corrected chi connectivity index (χ4v) is 4.11. The van der Waals surface area contributed by atoms with Crippen LogP contribution < -0.4 is 5.32 Å². The molecule has 0 unspecified atom stereocenters. The minimum absolute atomic E-state index is 0.0162. The molecule has 1 spiro atoms. The van der Waals surface area contributed by atoms with Gasteiger partial charge in [0.15, 0.2) is 0 Å². The van der Waals surface area contributed by atoms with E-state index in [1.165, 1.54) is 12.0 Å². The van der Waals surface area contributed by atoms with Crippen LogP contribution in [0.2, 0.25) is 0 Å². The first-order valence-corrected chi connectivity index (χ1v) is 8.55. The Morgan fingerprint density at radius 3 is 2.79 bits per heavy atom. The Labute approximate surface area is 142 Å². The number of rotatable bonds is 4. The molecule has 1 saturated heterocycles. The summed E-state index contributed by atoms with van der Waals surface area (Å²) in [5.74, 6) is 0.0162. The van der Waals surface area contributed by atoms with Gasteiger partial charge in [0, 0.05) is 49.5 Å². The number of aromatic nitrogens is 2. The van der Waals surface area contributed by atoms with Crippen molar-refractivity contribution >= 4 is 5.91 Å². The highest BCUT2D eigenvalue weighted by Crippen LogP contribution is 2.48. The number of carbonyl (C=O) groups is 1. The highest BCUT2D eigenvalue weighted by molar-refractivity contribution is 5.94. The van der Waals surface area contributed by atoms with Gasteiger partial charge in [-0.1, -0.05) is 6.07 Å². The first kappa shape index (κ1) is 15.3. The molecule has 24 heavy (non-hydrogen) atoms. The van der Waals surface area contributed by atoms with E-state index < -0.39 is 0 Å². The lowest BCUT2D eigenvalue weighted by atomic mass is 9.65. The van der Waals surface area contributed by atoms with Crippen LogP contribution in [0.4, 0.5) is 0 Å². The maximum Gasteiger partial charge on any atom is 0.251 e. The van der Waals surface area contributed by atoms with Crippen molar-refractivity contribution in [2.24, 2.45) is 5.41 Å². The second-order valence-electron chi connectivity index (χ2n) is 7.14. The molecule has 2 aromatic heterocycles. The van der Waals surface area contributed by atoms with Crippen LogP contribution in [-0.2, 0) is 6.54 Å². The lowest BCUT2D eigenvalue weighted by molar-refractivity contribution is 0.0694. The largest absolute Gasteiger partial charge is 0.349 e. The number of amides is 1. The highest BCUT2D eigenvalue weighted by Gasteiger charge is 2.48. The monoisotopic (exact) mass is 322 g/mol. The maximum atomic E-state index is 12.2. The average molecular weight is 322 g/mol. The molecule has 0 aromatic carbocycles. The summed E-state index contributed by atoms with van der Waals surface area (Å²) in [6.45, 7) is 3.24. The molecule has 124 valence electrons. The number of carbonyl (C=O) groups excluding carboxylic acids is 1. The molecule has 0 radical (unpaired) electrons. The van der Waals surface area contributed by atoms with Crippen LogP contribution in [0.25, 0.3) is 0 Å². The van der Waals surface area contributed by atoms with Crippen molar-refractivity contribution in [3.05, 3.63) is 60.2 Å². The Morgan fingerprint density at radius 1 is 1.21 bits per heavy atom. The van der Waals surface area contributed by atoms with E-state index in [0.29, 0.717) is 17.0 Å². The SMILES string of the molecule is O=C(NC1CC2(CCN(Cc3cccnc3)C2)C1)c1ccncc1. The van der Waals surface area contributed by atoms with Crippen molar-refractivity contribution in [1.29, 1.82) is 0 Å². The third kappa shape index (κ3) is 3.17. The third-order valence-electron chi connectivity index (χ3n) is 5.28. The molecule has 2 aliphatic rings. The van der Waals surface area contributed by atoms with Gasteiger partial charge in [0.25, 0.3) is 5.91 Å². The molecule has 1 aliphatic carbocycles. The van der Waals surface area contributed by atoms with Crippen LogP contribution in [-0.4, -0.2) is 39.9 Å². The van der Waals surface area contributed by atoms with Crippen LogP contribution in [0.5, 0.6) is 0 Å². The Kier molecular flexibility index (Phi) is 4.02. The molecule has 3 heterocycles. The van der Waals surface area contributed by atoms with Crippen molar-refractivity contribution in [3.63, 3.8) is 0 Å². The Balaban J connectivity index is 1.27. The molecule has 0 bridgehead atoms. The predicted octanol–water partition coefficient (Wildman–Crippen LogP) is 2.26. The molecule has 4 rings (SSSR count). The number of pyridine rings is 2. The zero-order valence-corrected chi connectivity index (χ0v) is 13.7. The topological polar surface area (TPSA) is 58.1 Å². The summed E-state index contributed by atoms with van der Waals surface area (Å²) in [5, 5.41) is 3.15. The molecule has 2 fully saturated rings. The Hall–Kier alpha value is -2.27. The van der Waals surface area contributed by atoms with Crippen molar-refractivity contribution in [2.45, 2.75) is 31.8 Å². The van der Waals surface area contributed by atoms with E-state index in [0.717, 1.165) is 32.5 Å². The molecule has 1 N–H and O–H groups in total. The zero-order chi connectivity index (χ0) is 16.4. The number of nitrogens with zero attached hydrogens (tertiary/aromatic N) is 3. The molecular weight excluding hydrogens is 300 g/mol. The van der Waals surface area contributed by atoms with Crippen LogP contribution >= 0.6 is 0 Å². The van der Waals surface area contributed by atoms with E-state index >= 15 is 0 Å². The molecule has 1 amide bonds. The van der Waals surface area contributed by atoms with E-state index in [4.69, 9.17) is 0 Å². The van der Waals surface area contributed by atoms with Crippen molar-refractivity contribution < 1.29 is 4.79 Å². The standard InChI is InChI=1S/C19H22N4O/c24-18(16-3-7-20-8-4-16)22-17-10-19(11-17)5-9-23(14-19)13-15-2-1-6-21-12-15/h1-4,6-8,12,17H,5,9-11,13-14H2,(H,22,24). The van der Waals surface area contributed by atoms with Crippen LogP contribution in [0.15, 0.2) is 49.1 Å². The number of hydrogen-bond donors (Lipinski definition) is 1. The maximum absolute atomic E-state index is 12.2. The molecular formula is C19H22N4O. The second kappa shape index (κ2) is 6.32. The average Bonchev–Trinajstić information content (AvgIpc) is 3.00. The quantitative estimate of drug-likeness (QED) is 0.938. The smallest absolute Gasteiger partial charge is 0.251 e. The molecule has 1 aliphatic heterocycles. The molecule has 2 aromatic rings. The van der Waals surface area contributed by atoms with Gasteiger partial charge in [0.1, 0.15) is 0 Å². The first-order chi connectivity index (χ1) is 11.7. The molecule has 5 heteroatoms. The minimum atomic E-state index is 0.0162. The summed E-state index contributed by atoms with van der Waals surface area (Å²) in [6, 6.07) is 7.96. The van der Waals surface area contributed by atoms with Gasteiger partial charge in [0.2, 0.25) is 0 Å². The van der Waals surface area contributed by atoms with Crippen molar-refractivity contribution in [3.8, 4) is 0 Å². The summed E-state index contributed by atoms with van der Waals surface area (Å²) < 4.78 is 0. The van der Waals surface area contributed by atoms with E-state index in [-0.39, 0.29) is 5.91 Å². The highest BCUT2D eigenvalue weighted by atomic mass is 16.1. The van der Waals surface area contributed by atoms with Crippen LogP contribution in [0, 0.1) is 5.41 Å². The fraction of sp³-hybridized carbons (Fsp3) is 0.421. The summed E-state index contributed by atoms with van der Waals surface area (Å²) in [4.78, 5) is 22.9. The number of likely N-dealkylation sites (tertiary alicyclic amines) is 1. The van der Waals surface area contributed by atoms with Gasteiger partial charge in [-0.25, -0.2) is 0 Å². The summed E-state index contributed by atoms with van der Waals surface area (Å²) in [6.07, 6.45) is 10.5. The minimum Gasteiger partial charge on any atom is -0.349 e. The summed E-state index contributed by atoms with van der Waals surface area (Å²) in [7, 11) is 0.